The number of aromatic amines is 1. The molecular weight excluding hydrogens is 272 g/mol. The molecule has 0 fully saturated rings. The van der Waals surface area contributed by atoms with Crippen molar-refractivity contribution in [2.75, 3.05) is 20.8 Å². The van der Waals surface area contributed by atoms with Gasteiger partial charge in [-0.1, -0.05) is 17.7 Å². The summed E-state index contributed by atoms with van der Waals surface area (Å²) in [7, 11) is 3.31. The summed E-state index contributed by atoms with van der Waals surface area (Å²) >= 11 is 11.4. The van der Waals surface area contributed by atoms with Crippen LogP contribution in [0.15, 0.2) is 18.2 Å². The van der Waals surface area contributed by atoms with E-state index in [1.165, 1.54) is 0 Å². The molecule has 0 aliphatic rings. The molecule has 1 unspecified atom stereocenters. The predicted octanol–water partition coefficient (Wildman–Crippen LogP) is 3.01. The van der Waals surface area contributed by atoms with Gasteiger partial charge in [0.05, 0.1) is 35.3 Å². The first-order valence-corrected chi connectivity index (χ1v) is 6.34. The van der Waals surface area contributed by atoms with Crippen LogP contribution in [0.5, 0.6) is 0 Å². The lowest BCUT2D eigenvalue weighted by molar-refractivity contribution is 0.0188. The van der Waals surface area contributed by atoms with Gasteiger partial charge in [-0.15, -0.1) is 0 Å². The number of ether oxygens (including phenoxy) is 2. The average Bonchev–Trinajstić information content (AvgIpc) is 2.67. The molecule has 1 heterocycles. The molecule has 98 valence electrons. The second kappa shape index (κ2) is 5.84. The summed E-state index contributed by atoms with van der Waals surface area (Å²) in [5.74, 6) is 0. The van der Waals surface area contributed by atoms with Gasteiger partial charge in [0.25, 0.3) is 0 Å². The Hall–Kier alpha value is -0.880. The first-order chi connectivity index (χ1) is 8.67. The van der Waals surface area contributed by atoms with Crippen molar-refractivity contribution >= 4 is 34.9 Å². The van der Waals surface area contributed by atoms with Gasteiger partial charge >= 0.3 is 0 Å². The molecule has 0 saturated carbocycles. The highest BCUT2D eigenvalue weighted by Crippen LogP contribution is 2.22. The fourth-order valence-electron chi connectivity index (χ4n) is 1.91. The average molecular weight is 287 g/mol. The van der Waals surface area contributed by atoms with Crippen LogP contribution in [0.2, 0.25) is 5.02 Å². The first-order valence-electron chi connectivity index (χ1n) is 5.56. The van der Waals surface area contributed by atoms with Crippen molar-refractivity contribution in [3.8, 4) is 0 Å². The number of nitrogens with one attached hydrogen (secondary N) is 1. The van der Waals surface area contributed by atoms with Gasteiger partial charge in [0.2, 0.25) is 0 Å². The van der Waals surface area contributed by atoms with E-state index in [1.54, 1.807) is 14.2 Å². The third-order valence-electron chi connectivity index (χ3n) is 2.83. The van der Waals surface area contributed by atoms with Crippen molar-refractivity contribution in [3.63, 3.8) is 0 Å². The number of hydrogen-bond acceptors (Lipinski definition) is 3. The normalized spacial score (nSPS) is 13.1. The van der Waals surface area contributed by atoms with Gasteiger partial charge in [-0.3, -0.25) is 0 Å². The van der Waals surface area contributed by atoms with E-state index in [-0.39, 0.29) is 6.10 Å². The molecule has 0 amide bonds. The molecule has 0 aliphatic heterocycles. The van der Waals surface area contributed by atoms with Crippen LogP contribution in [0.4, 0.5) is 0 Å². The van der Waals surface area contributed by atoms with Gasteiger partial charge in [0, 0.05) is 14.2 Å². The van der Waals surface area contributed by atoms with E-state index in [0.29, 0.717) is 22.9 Å². The van der Waals surface area contributed by atoms with Crippen molar-refractivity contribution in [2.24, 2.45) is 0 Å². The van der Waals surface area contributed by atoms with Gasteiger partial charge in [0.1, 0.15) is 0 Å². The molecule has 1 N–H and O–H groups in total. The lowest BCUT2D eigenvalue weighted by atomic mass is 10.3. The molecule has 1 aromatic carbocycles. The number of halogens is 1. The third-order valence-corrected chi connectivity index (χ3v) is 3.47. The molecule has 1 atom stereocenters. The van der Waals surface area contributed by atoms with E-state index in [2.05, 4.69) is 4.98 Å². The highest BCUT2D eigenvalue weighted by atomic mass is 35.5. The van der Waals surface area contributed by atoms with Crippen LogP contribution < -0.4 is 0 Å². The van der Waals surface area contributed by atoms with Gasteiger partial charge < -0.3 is 19.0 Å². The number of para-hydroxylation sites is 1. The summed E-state index contributed by atoms with van der Waals surface area (Å²) in [6.07, 6.45) is -0.0420. The lowest BCUT2D eigenvalue weighted by Crippen LogP contribution is -2.23. The maximum Gasteiger partial charge on any atom is 0.178 e. The highest BCUT2D eigenvalue weighted by molar-refractivity contribution is 7.71. The monoisotopic (exact) mass is 286 g/mol. The van der Waals surface area contributed by atoms with Crippen LogP contribution in [-0.4, -0.2) is 36.5 Å². The number of H-pyrrole nitrogens is 1. The zero-order valence-electron chi connectivity index (χ0n) is 10.3. The standard InChI is InChI=1S/C12H15ClN2O2S/c1-16-7-8(17-2)6-15-10-5-3-4-9(13)11(10)14-12(15)18/h3-5,8H,6-7H2,1-2H3,(H,14,18). The summed E-state index contributed by atoms with van der Waals surface area (Å²) in [6.45, 7) is 1.15. The molecule has 4 nitrogen and oxygen atoms in total. The maximum atomic E-state index is 6.13. The van der Waals surface area contributed by atoms with Crippen LogP contribution in [-0.2, 0) is 16.0 Å². The van der Waals surface area contributed by atoms with Crippen LogP contribution in [0.1, 0.15) is 0 Å². The molecule has 1 aromatic heterocycles. The number of imidazole rings is 1. The Morgan fingerprint density at radius 1 is 1.44 bits per heavy atom. The zero-order valence-corrected chi connectivity index (χ0v) is 11.8. The Morgan fingerprint density at radius 2 is 2.22 bits per heavy atom. The molecule has 6 heteroatoms. The molecule has 0 saturated heterocycles. The van der Waals surface area contributed by atoms with Crippen molar-refractivity contribution < 1.29 is 9.47 Å². The molecular formula is C12H15ClN2O2S. The minimum atomic E-state index is -0.0420. The molecule has 18 heavy (non-hydrogen) atoms. The lowest BCUT2D eigenvalue weighted by Gasteiger charge is -2.15. The van der Waals surface area contributed by atoms with Crippen molar-refractivity contribution in [1.29, 1.82) is 0 Å². The Kier molecular flexibility index (Phi) is 4.40. The fraction of sp³-hybridized carbons (Fsp3) is 0.417. The minimum absolute atomic E-state index is 0.0420. The third kappa shape index (κ3) is 2.59. The van der Waals surface area contributed by atoms with Crippen LogP contribution in [0.25, 0.3) is 11.0 Å². The number of rotatable bonds is 5. The Labute approximate surface area is 115 Å². The topological polar surface area (TPSA) is 39.2 Å². The van der Waals surface area contributed by atoms with E-state index in [4.69, 9.17) is 33.3 Å². The van der Waals surface area contributed by atoms with Crippen LogP contribution >= 0.6 is 23.8 Å². The number of hydrogen-bond donors (Lipinski definition) is 1. The quantitative estimate of drug-likeness (QED) is 0.859. The van der Waals surface area contributed by atoms with Crippen LogP contribution in [0, 0.1) is 4.77 Å². The van der Waals surface area contributed by atoms with Crippen LogP contribution in [0.3, 0.4) is 0 Å². The summed E-state index contributed by atoms with van der Waals surface area (Å²) in [5, 5.41) is 0.665. The fourth-order valence-corrected chi connectivity index (χ4v) is 2.40. The first kappa shape index (κ1) is 13.5. The summed E-state index contributed by atoms with van der Waals surface area (Å²) in [5.41, 5.74) is 1.84. The largest absolute Gasteiger partial charge is 0.382 e. The molecule has 0 spiro atoms. The second-order valence-corrected chi connectivity index (χ2v) is 4.78. The molecule has 0 bridgehead atoms. The molecule has 2 rings (SSSR count). The number of aromatic nitrogens is 2. The van der Waals surface area contributed by atoms with E-state index >= 15 is 0 Å². The Balaban J connectivity index is 2.41. The van der Waals surface area contributed by atoms with Gasteiger partial charge in [-0.2, -0.15) is 0 Å². The summed E-state index contributed by atoms with van der Waals surface area (Å²) in [6, 6.07) is 5.72. The summed E-state index contributed by atoms with van der Waals surface area (Å²) in [4.78, 5) is 3.12. The number of methoxy groups -OCH3 is 2. The van der Waals surface area contributed by atoms with Crippen molar-refractivity contribution in [3.05, 3.63) is 28.0 Å². The molecule has 2 aromatic rings. The Bertz CT molecular complexity index is 593. The highest BCUT2D eigenvalue weighted by Gasteiger charge is 2.12. The Morgan fingerprint density at radius 3 is 2.89 bits per heavy atom. The number of benzene rings is 1. The zero-order chi connectivity index (χ0) is 13.1. The smallest absolute Gasteiger partial charge is 0.178 e. The van der Waals surface area contributed by atoms with E-state index in [0.717, 1.165) is 11.0 Å². The van der Waals surface area contributed by atoms with Gasteiger partial charge in [0.15, 0.2) is 4.77 Å². The minimum Gasteiger partial charge on any atom is -0.382 e. The van der Waals surface area contributed by atoms with E-state index < -0.39 is 0 Å². The predicted molar refractivity (Wildman–Crippen MR) is 74.8 cm³/mol. The summed E-state index contributed by atoms with van der Waals surface area (Å²) < 4.78 is 13.1. The van der Waals surface area contributed by atoms with E-state index in [1.807, 2.05) is 22.8 Å². The van der Waals surface area contributed by atoms with Crippen molar-refractivity contribution in [2.45, 2.75) is 12.6 Å². The molecule has 0 radical (unpaired) electrons. The van der Waals surface area contributed by atoms with Gasteiger partial charge in [-0.05, 0) is 24.4 Å². The maximum absolute atomic E-state index is 6.13. The molecule has 0 aliphatic carbocycles. The van der Waals surface area contributed by atoms with E-state index in [9.17, 15) is 0 Å². The number of nitrogens with zero attached hydrogens (tertiary/aromatic N) is 1. The SMILES string of the molecule is COCC(Cn1c(=S)[nH]c2c(Cl)cccc21)OC. The number of fused-ring (bicyclic) bond motifs is 1. The second-order valence-electron chi connectivity index (χ2n) is 3.99. The van der Waals surface area contributed by atoms with Gasteiger partial charge in [-0.25, -0.2) is 0 Å². The van der Waals surface area contributed by atoms with Crippen molar-refractivity contribution in [1.82, 2.24) is 9.55 Å².